The molecule has 2 aromatic rings. The van der Waals surface area contributed by atoms with Gasteiger partial charge in [0, 0.05) is 17.5 Å². The molecular formula is C20H31N5O4S. The van der Waals surface area contributed by atoms with Crippen LogP contribution in [0, 0.1) is 10.1 Å². The zero-order valence-corrected chi connectivity index (χ0v) is 18.9. The number of pyridine rings is 1. The first-order valence-electron chi connectivity index (χ1n) is 10.3. The van der Waals surface area contributed by atoms with Crippen LogP contribution in [-0.4, -0.2) is 33.9 Å². The molecule has 0 aromatic carbocycles. The lowest BCUT2D eigenvalue weighted by Crippen LogP contribution is -2.19. The van der Waals surface area contributed by atoms with E-state index < -0.39 is 14.9 Å². The van der Waals surface area contributed by atoms with Crippen LogP contribution in [0.3, 0.4) is 0 Å². The van der Waals surface area contributed by atoms with E-state index in [4.69, 9.17) is 0 Å². The number of hydrogen-bond acceptors (Lipinski definition) is 6. The van der Waals surface area contributed by atoms with Crippen molar-refractivity contribution < 1.29 is 13.3 Å². The summed E-state index contributed by atoms with van der Waals surface area (Å²) in [7, 11) is -3.56. The Morgan fingerprint density at radius 1 is 1.13 bits per heavy atom. The Morgan fingerprint density at radius 2 is 1.80 bits per heavy atom. The number of nitro groups is 1. The van der Waals surface area contributed by atoms with Gasteiger partial charge in [-0.25, -0.2) is 13.4 Å². The van der Waals surface area contributed by atoms with Crippen LogP contribution in [0.25, 0.3) is 5.82 Å². The molecule has 0 bridgehead atoms. The van der Waals surface area contributed by atoms with E-state index in [0.29, 0.717) is 17.9 Å². The quantitative estimate of drug-likeness (QED) is 0.312. The van der Waals surface area contributed by atoms with Crippen LogP contribution in [0.1, 0.15) is 71.9 Å². The highest BCUT2D eigenvalue weighted by atomic mass is 32.2. The first kappa shape index (κ1) is 23.8. The Bertz CT molecular complexity index is 947. The molecule has 0 saturated carbocycles. The van der Waals surface area contributed by atoms with Gasteiger partial charge in [0.1, 0.15) is 12.0 Å². The molecule has 0 aliphatic rings. The third-order valence-electron chi connectivity index (χ3n) is 4.66. The standard InChI is InChI=1S/C20H31N5O4S/c1-5-6-7-8-9-10-13-30(28,29)23-19-14-17(20(2,3)4)22-24(19)18-12-11-16(15-21-18)25(26)27/h11-12,14-15,23H,5-10,13H2,1-4H3. The van der Waals surface area contributed by atoms with Gasteiger partial charge in [-0.3, -0.25) is 14.8 Å². The zero-order chi connectivity index (χ0) is 22.4. The molecule has 2 rings (SSSR count). The number of anilines is 1. The van der Waals surface area contributed by atoms with Crippen molar-refractivity contribution in [1.29, 1.82) is 0 Å². The lowest BCUT2D eigenvalue weighted by Gasteiger charge is -2.13. The van der Waals surface area contributed by atoms with E-state index in [2.05, 4.69) is 21.7 Å². The van der Waals surface area contributed by atoms with Gasteiger partial charge >= 0.3 is 0 Å². The summed E-state index contributed by atoms with van der Waals surface area (Å²) in [6.45, 7) is 8.05. The van der Waals surface area contributed by atoms with Crippen LogP contribution in [0.4, 0.5) is 11.5 Å². The molecule has 30 heavy (non-hydrogen) atoms. The van der Waals surface area contributed by atoms with E-state index in [1.54, 1.807) is 6.07 Å². The van der Waals surface area contributed by atoms with Crippen LogP contribution >= 0.6 is 0 Å². The Labute approximate surface area is 178 Å². The van der Waals surface area contributed by atoms with Crippen molar-refractivity contribution >= 4 is 21.5 Å². The predicted octanol–water partition coefficient (Wildman–Crippen LogP) is 4.58. The molecule has 0 amide bonds. The van der Waals surface area contributed by atoms with Crippen LogP contribution in [0.15, 0.2) is 24.4 Å². The van der Waals surface area contributed by atoms with E-state index >= 15 is 0 Å². The first-order chi connectivity index (χ1) is 14.0. The molecule has 166 valence electrons. The molecule has 2 aromatic heterocycles. The van der Waals surface area contributed by atoms with Gasteiger partial charge in [0.15, 0.2) is 5.82 Å². The number of nitrogens with zero attached hydrogens (tertiary/aromatic N) is 4. The Kier molecular flexibility index (Phi) is 7.94. The summed E-state index contributed by atoms with van der Waals surface area (Å²) in [6, 6.07) is 4.44. The molecule has 0 saturated heterocycles. The number of unbranched alkanes of at least 4 members (excludes halogenated alkanes) is 5. The second-order valence-electron chi connectivity index (χ2n) is 8.40. The van der Waals surface area contributed by atoms with Gasteiger partial charge in [0.05, 0.1) is 16.4 Å². The largest absolute Gasteiger partial charge is 0.287 e. The Hall–Kier alpha value is -2.49. The van der Waals surface area contributed by atoms with E-state index in [1.165, 1.54) is 23.2 Å². The first-order valence-corrected chi connectivity index (χ1v) is 11.9. The minimum atomic E-state index is -3.56. The van der Waals surface area contributed by atoms with Gasteiger partial charge in [-0.15, -0.1) is 0 Å². The topological polar surface area (TPSA) is 120 Å². The minimum absolute atomic E-state index is 0.0306. The molecule has 0 radical (unpaired) electrons. The fourth-order valence-electron chi connectivity index (χ4n) is 2.89. The Morgan fingerprint density at radius 3 is 2.37 bits per heavy atom. The zero-order valence-electron chi connectivity index (χ0n) is 18.1. The molecular weight excluding hydrogens is 406 g/mol. The highest BCUT2D eigenvalue weighted by Gasteiger charge is 2.23. The summed E-state index contributed by atoms with van der Waals surface area (Å²) in [4.78, 5) is 14.4. The molecule has 0 aliphatic heterocycles. The van der Waals surface area contributed by atoms with Crippen molar-refractivity contribution in [2.24, 2.45) is 0 Å². The number of rotatable bonds is 11. The van der Waals surface area contributed by atoms with E-state index in [0.717, 1.165) is 31.9 Å². The van der Waals surface area contributed by atoms with Crippen molar-refractivity contribution in [3.63, 3.8) is 0 Å². The summed E-state index contributed by atoms with van der Waals surface area (Å²) >= 11 is 0. The smallest absolute Gasteiger partial charge is 0.267 e. The van der Waals surface area contributed by atoms with Crippen LogP contribution in [0.2, 0.25) is 0 Å². The third kappa shape index (κ3) is 6.79. The lowest BCUT2D eigenvalue weighted by molar-refractivity contribution is -0.385. The van der Waals surface area contributed by atoms with E-state index in [1.807, 2.05) is 20.8 Å². The highest BCUT2D eigenvalue weighted by Crippen LogP contribution is 2.27. The monoisotopic (exact) mass is 437 g/mol. The van der Waals surface area contributed by atoms with Crippen molar-refractivity contribution in [3.05, 3.63) is 40.2 Å². The molecule has 10 heteroatoms. The van der Waals surface area contributed by atoms with Gasteiger partial charge in [-0.1, -0.05) is 59.8 Å². The third-order valence-corrected chi connectivity index (χ3v) is 6.01. The number of hydrogen-bond donors (Lipinski definition) is 1. The van der Waals surface area contributed by atoms with Crippen molar-refractivity contribution in [2.75, 3.05) is 10.5 Å². The molecule has 0 aliphatic carbocycles. The molecule has 0 fully saturated rings. The van der Waals surface area contributed by atoms with Crippen molar-refractivity contribution in [3.8, 4) is 5.82 Å². The normalized spacial score (nSPS) is 12.1. The molecule has 2 heterocycles. The minimum Gasteiger partial charge on any atom is -0.267 e. The van der Waals surface area contributed by atoms with Gasteiger partial charge < -0.3 is 0 Å². The number of nitrogens with one attached hydrogen (secondary N) is 1. The maximum Gasteiger partial charge on any atom is 0.287 e. The van der Waals surface area contributed by atoms with Crippen molar-refractivity contribution in [2.45, 2.75) is 71.6 Å². The fourth-order valence-corrected chi connectivity index (χ4v) is 4.04. The summed E-state index contributed by atoms with van der Waals surface area (Å²) in [6.07, 6.45) is 7.06. The predicted molar refractivity (Wildman–Crippen MR) is 117 cm³/mol. The number of aromatic nitrogens is 3. The molecule has 1 N–H and O–H groups in total. The summed E-state index contributed by atoms with van der Waals surface area (Å²) in [5.41, 5.74) is 0.220. The van der Waals surface area contributed by atoms with Gasteiger partial charge in [0.25, 0.3) is 5.69 Å². The summed E-state index contributed by atoms with van der Waals surface area (Å²) in [5.74, 6) is 0.601. The molecule has 0 spiro atoms. The lowest BCUT2D eigenvalue weighted by atomic mass is 9.92. The van der Waals surface area contributed by atoms with E-state index in [-0.39, 0.29) is 22.7 Å². The SMILES string of the molecule is CCCCCCCCS(=O)(=O)Nc1cc(C(C)(C)C)nn1-c1ccc([N+](=O)[O-])cn1. The van der Waals surface area contributed by atoms with E-state index in [9.17, 15) is 18.5 Å². The number of sulfonamides is 1. The maximum atomic E-state index is 12.6. The van der Waals surface area contributed by atoms with Crippen LogP contribution < -0.4 is 4.72 Å². The second kappa shape index (κ2) is 10.0. The Balaban J connectivity index is 2.21. The van der Waals surface area contributed by atoms with Gasteiger partial charge in [-0.2, -0.15) is 9.78 Å². The van der Waals surface area contributed by atoms with Crippen molar-refractivity contribution in [1.82, 2.24) is 14.8 Å². The summed E-state index contributed by atoms with van der Waals surface area (Å²) < 4.78 is 29.2. The van der Waals surface area contributed by atoms with Gasteiger partial charge in [0.2, 0.25) is 10.0 Å². The molecule has 0 atom stereocenters. The summed E-state index contributed by atoms with van der Waals surface area (Å²) in [5, 5.41) is 15.4. The highest BCUT2D eigenvalue weighted by molar-refractivity contribution is 7.92. The maximum absolute atomic E-state index is 12.6. The average molecular weight is 438 g/mol. The molecule has 0 unspecified atom stereocenters. The average Bonchev–Trinajstić information content (AvgIpc) is 3.08. The molecule has 9 nitrogen and oxygen atoms in total. The van der Waals surface area contributed by atoms with Crippen LogP contribution in [0.5, 0.6) is 0 Å². The second-order valence-corrected chi connectivity index (χ2v) is 10.2. The fraction of sp³-hybridized carbons (Fsp3) is 0.600. The van der Waals surface area contributed by atoms with Crippen LogP contribution in [-0.2, 0) is 15.4 Å². The van der Waals surface area contributed by atoms with Gasteiger partial charge in [-0.05, 0) is 12.5 Å².